The van der Waals surface area contributed by atoms with Gasteiger partial charge in [-0.05, 0) is 100 Å². The Morgan fingerprint density at radius 1 is 0.574 bits per heavy atom. The molecule has 0 bridgehead atoms. The standard InChI is InChI=1S/C43H32FN3/c1-25-21-27(32-17-18-33-40-34(32)23-28(44)24-35(40)42-41(33)45-19-20-46-42)13-15-30(25)31-16-14-29(22-26(31)2)47-38-11-7-5-9-36(38)43(3,4)37-10-6-8-12-39(37)47/h5-24H,1-4H3. The lowest BCUT2D eigenvalue weighted by Gasteiger charge is -2.42. The molecule has 4 heteroatoms. The van der Waals surface area contributed by atoms with Crippen molar-refractivity contribution in [3.05, 3.63) is 150 Å². The SMILES string of the molecule is Cc1cc(-c2ccc3c4c(cc(F)cc24)-c2nccnc2-3)ccc1-c1ccc(N2c3ccccc3C(C)(C)c3ccccc32)cc1C. The summed E-state index contributed by atoms with van der Waals surface area (Å²) in [5, 5.41) is 1.90. The van der Waals surface area contributed by atoms with Gasteiger partial charge >= 0.3 is 0 Å². The zero-order chi connectivity index (χ0) is 32.0. The smallest absolute Gasteiger partial charge is 0.124 e. The zero-order valence-corrected chi connectivity index (χ0v) is 26.8. The molecule has 1 aliphatic heterocycles. The average Bonchev–Trinajstić information content (AvgIpc) is 3.39. The minimum atomic E-state index is -0.268. The Balaban J connectivity index is 1.12. The Labute approximate surface area is 274 Å². The van der Waals surface area contributed by atoms with Gasteiger partial charge < -0.3 is 4.90 Å². The molecule has 0 saturated carbocycles. The first-order chi connectivity index (χ1) is 22.8. The summed E-state index contributed by atoms with van der Waals surface area (Å²) in [7, 11) is 0. The molecule has 2 aliphatic rings. The quantitative estimate of drug-likeness (QED) is 0.200. The first-order valence-electron chi connectivity index (χ1n) is 16.1. The molecule has 0 atom stereocenters. The molecular weight excluding hydrogens is 577 g/mol. The van der Waals surface area contributed by atoms with Crippen LogP contribution < -0.4 is 4.90 Å². The van der Waals surface area contributed by atoms with Crippen molar-refractivity contribution < 1.29 is 4.39 Å². The van der Waals surface area contributed by atoms with Crippen molar-refractivity contribution in [2.24, 2.45) is 0 Å². The molecule has 1 aromatic heterocycles. The van der Waals surface area contributed by atoms with Crippen LogP contribution in [0.15, 0.2) is 122 Å². The molecular formula is C43H32FN3. The van der Waals surface area contributed by atoms with Gasteiger partial charge in [-0.25, -0.2) is 4.39 Å². The molecule has 0 saturated heterocycles. The number of aryl methyl sites for hydroxylation is 2. The Morgan fingerprint density at radius 3 is 1.81 bits per heavy atom. The topological polar surface area (TPSA) is 29.0 Å². The van der Waals surface area contributed by atoms with Crippen LogP contribution in [-0.2, 0) is 5.41 Å². The summed E-state index contributed by atoms with van der Waals surface area (Å²) in [6.45, 7) is 8.99. The molecule has 0 amide bonds. The molecule has 0 N–H and O–H groups in total. The molecule has 226 valence electrons. The van der Waals surface area contributed by atoms with Crippen LogP contribution in [0.3, 0.4) is 0 Å². The van der Waals surface area contributed by atoms with E-state index in [1.165, 1.54) is 44.8 Å². The van der Waals surface area contributed by atoms with Gasteiger partial charge in [-0.1, -0.05) is 86.6 Å². The van der Waals surface area contributed by atoms with Crippen molar-refractivity contribution >= 4 is 27.8 Å². The third kappa shape index (κ3) is 3.97. The number of anilines is 3. The van der Waals surface area contributed by atoms with Gasteiger partial charge in [0, 0.05) is 40.0 Å². The first-order valence-corrected chi connectivity index (χ1v) is 16.1. The number of hydrogen-bond donors (Lipinski definition) is 0. The minimum Gasteiger partial charge on any atom is -0.310 e. The summed E-state index contributed by atoms with van der Waals surface area (Å²) in [5.41, 5.74) is 16.4. The summed E-state index contributed by atoms with van der Waals surface area (Å²) < 4.78 is 15.0. The van der Waals surface area contributed by atoms with E-state index in [2.05, 4.69) is 140 Å². The van der Waals surface area contributed by atoms with Crippen LogP contribution in [0.4, 0.5) is 21.5 Å². The predicted molar refractivity (Wildman–Crippen MR) is 191 cm³/mol. The zero-order valence-electron chi connectivity index (χ0n) is 26.8. The van der Waals surface area contributed by atoms with E-state index in [1.54, 1.807) is 24.5 Å². The van der Waals surface area contributed by atoms with E-state index in [-0.39, 0.29) is 11.2 Å². The lowest BCUT2D eigenvalue weighted by atomic mass is 9.73. The van der Waals surface area contributed by atoms with Gasteiger partial charge in [0.2, 0.25) is 0 Å². The predicted octanol–water partition coefficient (Wildman–Crippen LogP) is 11.5. The van der Waals surface area contributed by atoms with E-state index in [4.69, 9.17) is 0 Å². The lowest BCUT2D eigenvalue weighted by Crippen LogP contribution is -2.30. The Morgan fingerprint density at radius 2 is 1.15 bits per heavy atom. The highest BCUT2D eigenvalue weighted by atomic mass is 19.1. The molecule has 9 rings (SSSR count). The molecule has 7 aromatic rings. The van der Waals surface area contributed by atoms with Crippen molar-refractivity contribution in [2.75, 3.05) is 4.90 Å². The van der Waals surface area contributed by atoms with Gasteiger partial charge in [0.25, 0.3) is 0 Å². The van der Waals surface area contributed by atoms with Crippen LogP contribution in [0.1, 0.15) is 36.1 Å². The van der Waals surface area contributed by atoms with Crippen LogP contribution in [0.2, 0.25) is 0 Å². The van der Waals surface area contributed by atoms with E-state index in [1.807, 2.05) is 0 Å². The summed E-state index contributed by atoms with van der Waals surface area (Å²) in [6, 6.07) is 38.3. The second kappa shape index (κ2) is 9.94. The fourth-order valence-corrected chi connectivity index (χ4v) is 7.99. The van der Waals surface area contributed by atoms with Gasteiger partial charge in [-0.2, -0.15) is 0 Å². The molecule has 3 nitrogen and oxygen atoms in total. The van der Waals surface area contributed by atoms with Crippen molar-refractivity contribution in [1.29, 1.82) is 0 Å². The fourth-order valence-electron chi connectivity index (χ4n) is 7.99. The molecule has 2 heterocycles. The Kier molecular flexibility index (Phi) is 5.86. The maximum absolute atomic E-state index is 15.0. The largest absolute Gasteiger partial charge is 0.310 e. The second-order valence-electron chi connectivity index (χ2n) is 13.3. The van der Waals surface area contributed by atoms with Crippen molar-refractivity contribution in [3.8, 4) is 44.8 Å². The van der Waals surface area contributed by atoms with E-state index in [0.717, 1.165) is 50.1 Å². The molecule has 6 aromatic carbocycles. The van der Waals surface area contributed by atoms with E-state index in [9.17, 15) is 0 Å². The lowest BCUT2D eigenvalue weighted by molar-refractivity contribution is 0.630. The Hall–Kier alpha value is -5.61. The number of fused-ring (bicyclic) bond motifs is 5. The highest BCUT2D eigenvalue weighted by molar-refractivity contribution is 6.17. The van der Waals surface area contributed by atoms with E-state index >= 15 is 4.39 Å². The van der Waals surface area contributed by atoms with Gasteiger partial charge in [0.15, 0.2) is 0 Å². The van der Waals surface area contributed by atoms with Crippen LogP contribution in [0.25, 0.3) is 55.5 Å². The number of nitrogens with zero attached hydrogens (tertiary/aromatic N) is 3. The number of aromatic nitrogens is 2. The van der Waals surface area contributed by atoms with Crippen LogP contribution in [0, 0.1) is 19.7 Å². The molecule has 0 spiro atoms. The van der Waals surface area contributed by atoms with Crippen LogP contribution in [0.5, 0.6) is 0 Å². The van der Waals surface area contributed by atoms with Crippen molar-refractivity contribution in [2.45, 2.75) is 33.1 Å². The van der Waals surface area contributed by atoms with Gasteiger partial charge in [0.1, 0.15) is 5.82 Å². The molecule has 0 fully saturated rings. The van der Waals surface area contributed by atoms with Crippen LogP contribution in [-0.4, -0.2) is 9.97 Å². The number of rotatable bonds is 3. The molecule has 0 radical (unpaired) electrons. The normalized spacial score (nSPS) is 13.8. The summed E-state index contributed by atoms with van der Waals surface area (Å²) >= 11 is 0. The number of para-hydroxylation sites is 2. The number of benzene rings is 6. The van der Waals surface area contributed by atoms with Crippen molar-refractivity contribution in [1.82, 2.24) is 9.97 Å². The average molecular weight is 610 g/mol. The highest BCUT2D eigenvalue weighted by Gasteiger charge is 2.36. The fraction of sp³-hybridized carbons (Fsp3) is 0.116. The van der Waals surface area contributed by atoms with Gasteiger partial charge in [0.05, 0.1) is 22.8 Å². The second-order valence-corrected chi connectivity index (χ2v) is 13.3. The van der Waals surface area contributed by atoms with E-state index < -0.39 is 0 Å². The van der Waals surface area contributed by atoms with Crippen molar-refractivity contribution in [3.63, 3.8) is 0 Å². The number of halogens is 1. The molecule has 1 aliphatic carbocycles. The summed E-state index contributed by atoms with van der Waals surface area (Å²) in [4.78, 5) is 11.5. The minimum absolute atomic E-state index is 0.0913. The first kappa shape index (κ1) is 27.7. The summed E-state index contributed by atoms with van der Waals surface area (Å²) in [6.07, 6.45) is 3.37. The third-order valence-electron chi connectivity index (χ3n) is 10.2. The third-order valence-corrected chi connectivity index (χ3v) is 10.2. The summed E-state index contributed by atoms with van der Waals surface area (Å²) in [5.74, 6) is -0.268. The molecule has 0 unspecified atom stereocenters. The molecule has 47 heavy (non-hydrogen) atoms. The Bertz CT molecular complexity index is 2390. The van der Waals surface area contributed by atoms with E-state index in [0.29, 0.717) is 0 Å². The monoisotopic (exact) mass is 609 g/mol. The number of hydrogen-bond acceptors (Lipinski definition) is 3. The highest BCUT2D eigenvalue weighted by Crippen LogP contribution is 2.52. The maximum Gasteiger partial charge on any atom is 0.124 e. The maximum atomic E-state index is 15.0. The van der Waals surface area contributed by atoms with Crippen LogP contribution >= 0.6 is 0 Å². The van der Waals surface area contributed by atoms with Gasteiger partial charge in [-0.15, -0.1) is 0 Å². The van der Waals surface area contributed by atoms with Gasteiger partial charge in [-0.3, -0.25) is 9.97 Å².